The Bertz CT molecular complexity index is 653. The lowest BCUT2D eigenvalue weighted by molar-refractivity contribution is 0.0715. The molecular formula is C21H30F2N2O2. The SMILES string of the molecule is CCCN(CCCCN1CCCOC1=O)C1CCc2c(F)cc(F)cc2C1. The summed E-state index contributed by atoms with van der Waals surface area (Å²) in [6, 6.07) is 2.82. The molecule has 1 aromatic rings. The average molecular weight is 380 g/mol. The zero-order valence-electron chi connectivity index (χ0n) is 16.2. The van der Waals surface area contributed by atoms with Crippen LogP contribution in [0, 0.1) is 11.6 Å². The molecule has 0 radical (unpaired) electrons. The summed E-state index contributed by atoms with van der Waals surface area (Å²) < 4.78 is 32.6. The van der Waals surface area contributed by atoms with Crippen LogP contribution in [0.15, 0.2) is 12.1 Å². The van der Waals surface area contributed by atoms with Gasteiger partial charge in [0, 0.05) is 25.2 Å². The number of amides is 1. The number of hydrogen-bond acceptors (Lipinski definition) is 3. The summed E-state index contributed by atoms with van der Waals surface area (Å²) in [6.07, 6.45) is 6.01. The zero-order chi connectivity index (χ0) is 19.2. The fourth-order valence-electron chi connectivity index (χ4n) is 4.28. The van der Waals surface area contributed by atoms with Crippen LogP contribution in [0.5, 0.6) is 0 Å². The zero-order valence-corrected chi connectivity index (χ0v) is 16.2. The van der Waals surface area contributed by atoms with Crippen LogP contribution in [0.25, 0.3) is 0 Å². The highest BCUT2D eigenvalue weighted by Crippen LogP contribution is 2.28. The lowest BCUT2D eigenvalue weighted by Gasteiger charge is -2.35. The predicted octanol–water partition coefficient (Wildman–Crippen LogP) is 4.16. The Morgan fingerprint density at radius 2 is 2.11 bits per heavy atom. The van der Waals surface area contributed by atoms with E-state index in [9.17, 15) is 13.6 Å². The fourth-order valence-corrected chi connectivity index (χ4v) is 4.28. The maximum absolute atomic E-state index is 14.0. The van der Waals surface area contributed by atoms with Gasteiger partial charge in [0.05, 0.1) is 6.61 Å². The van der Waals surface area contributed by atoms with Crippen molar-refractivity contribution in [2.24, 2.45) is 0 Å². The van der Waals surface area contributed by atoms with Gasteiger partial charge in [-0.3, -0.25) is 0 Å². The molecule has 27 heavy (non-hydrogen) atoms. The number of halogens is 2. The molecular weight excluding hydrogens is 350 g/mol. The fraction of sp³-hybridized carbons (Fsp3) is 0.667. The summed E-state index contributed by atoms with van der Waals surface area (Å²) in [5, 5.41) is 0. The quantitative estimate of drug-likeness (QED) is 0.635. The minimum atomic E-state index is -0.484. The van der Waals surface area contributed by atoms with E-state index in [0.717, 1.165) is 69.9 Å². The van der Waals surface area contributed by atoms with E-state index >= 15 is 0 Å². The predicted molar refractivity (Wildman–Crippen MR) is 101 cm³/mol. The molecule has 150 valence electrons. The van der Waals surface area contributed by atoms with Crippen LogP contribution in [0.1, 0.15) is 50.2 Å². The summed E-state index contributed by atoms with van der Waals surface area (Å²) >= 11 is 0. The maximum atomic E-state index is 14.0. The minimum Gasteiger partial charge on any atom is -0.449 e. The number of ether oxygens (including phenoxy) is 1. The topological polar surface area (TPSA) is 32.8 Å². The van der Waals surface area contributed by atoms with Gasteiger partial charge in [-0.25, -0.2) is 13.6 Å². The molecule has 0 N–H and O–H groups in total. The molecule has 1 heterocycles. The summed E-state index contributed by atoms with van der Waals surface area (Å²) in [7, 11) is 0. The number of carbonyl (C=O) groups excluding carboxylic acids is 1. The van der Waals surface area contributed by atoms with Gasteiger partial charge in [-0.15, -0.1) is 0 Å². The Kier molecular flexibility index (Phi) is 7.05. The Hall–Kier alpha value is -1.69. The highest BCUT2D eigenvalue weighted by molar-refractivity contribution is 5.68. The highest BCUT2D eigenvalue weighted by Gasteiger charge is 2.26. The van der Waals surface area contributed by atoms with Crippen LogP contribution in [-0.4, -0.2) is 54.7 Å². The van der Waals surface area contributed by atoms with E-state index in [1.165, 1.54) is 6.07 Å². The summed E-state index contributed by atoms with van der Waals surface area (Å²) in [4.78, 5) is 15.9. The van der Waals surface area contributed by atoms with Gasteiger partial charge in [-0.2, -0.15) is 0 Å². The lowest BCUT2D eigenvalue weighted by Crippen LogP contribution is -2.41. The molecule has 1 amide bonds. The maximum Gasteiger partial charge on any atom is 0.409 e. The third-order valence-corrected chi connectivity index (χ3v) is 5.64. The Balaban J connectivity index is 1.52. The van der Waals surface area contributed by atoms with Crippen molar-refractivity contribution in [2.45, 2.75) is 57.9 Å². The molecule has 1 aliphatic heterocycles. The van der Waals surface area contributed by atoms with Gasteiger partial charge >= 0.3 is 6.09 Å². The van der Waals surface area contributed by atoms with Crippen LogP contribution in [0.4, 0.5) is 13.6 Å². The number of hydrogen-bond donors (Lipinski definition) is 0. The molecule has 1 atom stereocenters. The van der Waals surface area contributed by atoms with Crippen LogP contribution >= 0.6 is 0 Å². The third-order valence-electron chi connectivity index (χ3n) is 5.64. The summed E-state index contributed by atoms with van der Waals surface area (Å²) in [5.74, 6) is -0.888. The number of carbonyl (C=O) groups is 1. The Labute approximate surface area is 160 Å². The number of rotatable bonds is 8. The second kappa shape index (κ2) is 9.49. The van der Waals surface area contributed by atoms with Crippen molar-refractivity contribution < 1.29 is 18.3 Å². The number of fused-ring (bicyclic) bond motifs is 1. The molecule has 3 rings (SSSR count). The van der Waals surface area contributed by atoms with E-state index in [0.29, 0.717) is 31.1 Å². The monoisotopic (exact) mass is 380 g/mol. The van der Waals surface area contributed by atoms with Crippen LogP contribution < -0.4 is 0 Å². The molecule has 0 bridgehead atoms. The van der Waals surface area contributed by atoms with Gasteiger partial charge in [0.25, 0.3) is 0 Å². The molecule has 6 heteroatoms. The average Bonchev–Trinajstić information content (AvgIpc) is 2.65. The molecule has 1 aromatic carbocycles. The first-order chi connectivity index (χ1) is 13.1. The third kappa shape index (κ3) is 5.18. The van der Waals surface area contributed by atoms with E-state index in [4.69, 9.17) is 4.74 Å². The van der Waals surface area contributed by atoms with E-state index in [1.807, 2.05) is 0 Å². The first-order valence-electron chi connectivity index (χ1n) is 10.2. The smallest absolute Gasteiger partial charge is 0.409 e. The number of unbranched alkanes of at least 4 members (excludes halogenated alkanes) is 1. The molecule has 1 unspecified atom stereocenters. The number of cyclic esters (lactones) is 1. The van der Waals surface area contributed by atoms with Gasteiger partial charge in [-0.05, 0) is 75.2 Å². The highest BCUT2D eigenvalue weighted by atomic mass is 19.1. The van der Waals surface area contributed by atoms with Crippen molar-refractivity contribution in [3.8, 4) is 0 Å². The molecule has 0 aromatic heterocycles. The van der Waals surface area contributed by atoms with Crippen molar-refractivity contribution in [2.75, 3.05) is 32.8 Å². The summed E-state index contributed by atoms with van der Waals surface area (Å²) in [6.45, 7) is 6.16. The van der Waals surface area contributed by atoms with E-state index in [1.54, 1.807) is 4.90 Å². The number of benzene rings is 1. The van der Waals surface area contributed by atoms with Crippen LogP contribution in [0.2, 0.25) is 0 Å². The van der Waals surface area contributed by atoms with Gasteiger partial charge in [0.1, 0.15) is 11.6 Å². The van der Waals surface area contributed by atoms with Crippen molar-refractivity contribution >= 4 is 6.09 Å². The van der Waals surface area contributed by atoms with Gasteiger partial charge < -0.3 is 14.5 Å². The van der Waals surface area contributed by atoms with Gasteiger partial charge in [-0.1, -0.05) is 6.92 Å². The largest absolute Gasteiger partial charge is 0.449 e. The molecule has 0 spiro atoms. The van der Waals surface area contributed by atoms with Gasteiger partial charge in [0.2, 0.25) is 0 Å². The molecule has 1 aliphatic carbocycles. The molecule has 1 fully saturated rings. The molecule has 2 aliphatic rings. The Morgan fingerprint density at radius 3 is 2.89 bits per heavy atom. The molecule has 1 saturated heterocycles. The molecule has 4 nitrogen and oxygen atoms in total. The normalized spacial score (nSPS) is 19.9. The van der Waals surface area contributed by atoms with Crippen LogP contribution in [-0.2, 0) is 17.6 Å². The van der Waals surface area contributed by atoms with Crippen molar-refractivity contribution in [3.63, 3.8) is 0 Å². The van der Waals surface area contributed by atoms with E-state index < -0.39 is 11.6 Å². The van der Waals surface area contributed by atoms with Crippen molar-refractivity contribution in [1.29, 1.82) is 0 Å². The molecule has 0 saturated carbocycles. The Morgan fingerprint density at radius 1 is 1.26 bits per heavy atom. The second-order valence-electron chi connectivity index (χ2n) is 7.62. The standard InChI is InChI=1S/C21H30F2N2O2/c1-2-8-24(9-3-4-10-25-11-5-12-27-21(25)26)18-6-7-19-16(14-18)13-17(22)15-20(19)23/h13,15,18H,2-12,14H2,1H3. The second-order valence-corrected chi connectivity index (χ2v) is 7.62. The van der Waals surface area contributed by atoms with E-state index in [2.05, 4.69) is 11.8 Å². The first kappa shape index (κ1) is 20.1. The van der Waals surface area contributed by atoms with Crippen molar-refractivity contribution in [3.05, 3.63) is 34.9 Å². The van der Waals surface area contributed by atoms with Crippen molar-refractivity contribution in [1.82, 2.24) is 9.80 Å². The van der Waals surface area contributed by atoms with Crippen LogP contribution in [0.3, 0.4) is 0 Å². The lowest BCUT2D eigenvalue weighted by atomic mass is 9.86. The summed E-state index contributed by atoms with van der Waals surface area (Å²) in [5.41, 5.74) is 1.51. The number of nitrogens with zero attached hydrogens (tertiary/aromatic N) is 2. The van der Waals surface area contributed by atoms with E-state index in [-0.39, 0.29) is 6.09 Å². The van der Waals surface area contributed by atoms with Gasteiger partial charge in [0.15, 0.2) is 0 Å². The minimum absolute atomic E-state index is 0.195. The first-order valence-corrected chi connectivity index (χ1v) is 10.2.